The van der Waals surface area contributed by atoms with E-state index in [0.29, 0.717) is 11.4 Å². The summed E-state index contributed by atoms with van der Waals surface area (Å²) in [6, 6.07) is 20.0. The molecule has 2 aliphatic heterocycles. The van der Waals surface area contributed by atoms with Crippen LogP contribution >= 0.6 is 27.5 Å². The molecule has 3 aromatic rings. The van der Waals surface area contributed by atoms with E-state index in [2.05, 4.69) is 15.9 Å². The van der Waals surface area contributed by atoms with Crippen LogP contribution in [-0.2, 0) is 0 Å². The summed E-state index contributed by atoms with van der Waals surface area (Å²) < 4.78 is 7.28. The standard InChI is InChI=1S/C22H15BrClN3O3/c23-15-5-1-13(2-6-15)19-12-20-18-11-16(24)7-10-21(18)30-22(26(20)25-19)14-3-8-17(9-4-14)27(28)29/h1-11,20,22H,12H2. The van der Waals surface area contributed by atoms with Gasteiger partial charge in [-0.3, -0.25) is 10.1 Å². The minimum atomic E-state index is -0.488. The topological polar surface area (TPSA) is 68.0 Å². The molecule has 0 fully saturated rings. The summed E-state index contributed by atoms with van der Waals surface area (Å²) >= 11 is 9.73. The average molecular weight is 485 g/mol. The van der Waals surface area contributed by atoms with Crippen LogP contribution in [0.2, 0.25) is 5.02 Å². The van der Waals surface area contributed by atoms with Crippen LogP contribution in [0.5, 0.6) is 5.75 Å². The molecule has 2 aliphatic rings. The van der Waals surface area contributed by atoms with Gasteiger partial charge in [0.25, 0.3) is 5.69 Å². The van der Waals surface area contributed by atoms with Crippen molar-refractivity contribution in [2.75, 3.05) is 0 Å². The molecule has 0 radical (unpaired) electrons. The molecule has 0 bridgehead atoms. The molecule has 0 amide bonds. The fourth-order valence-corrected chi connectivity index (χ4v) is 4.30. The van der Waals surface area contributed by atoms with E-state index in [-0.39, 0.29) is 11.7 Å². The predicted molar refractivity (Wildman–Crippen MR) is 118 cm³/mol. The van der Waals surface area contributed by atoms with E-state index in [0.717, 1.165) is 32.6 Å². The number of hydrazone groups is 1. The number of hydrogen-bond donors (Lipinski definition) is 0. The lowest BCUT2D eigenvalue weighted by Crippen LogP contribution is -2.33. The average Bonchev–Trinajstić information content (AvgIpc) is 3.19. The Morgan fingerprint density at radius 1 is 1.10 bits per heavy atom. The summed E-state index contributed by atoms with van der Waals surface area (Å²) in [7, 11) is 0. The third-order valence-electron chi connectivity index (χ3n) is 5.32. The SMILES string of the molecule is O=[N+]([O-])c1ccc(C2Oc3ccc(Cl)cc3C3CC(c4ccc(Br)cc4)=NN32)cc1. The Morgan fingerprint density at radius 2 is 1.83 bits per heavy atom. The lowest BCUT2D eigenvalue weighted by atomic mass is 9.96. The second-order valence-corrected chi connectivity index (χ2v) is 8.51. The number of nitrogens with zero attached hydrogens (tertiary/aromatic N) is 3. The molecule has 30 heavy (non-hydrogen) atoms. The summed E-state index contributed by atoms with van der Waals surface area (Å²) in [5, 5.41) is 18.5. The molecule has 3 aromatic carbocycles. The fraction of sp³-hybridized carbons (Fsp3) is 0.136. The third kappa shape index (κ3) is 3.34. The number of non-ortho nitro benzene ring substituents is 1. The minimum absolute atomic E-state index is 0.0358. The zero-order chi connectivity index (χ0) is 20.8. The van der Waals surface area contributed by atoms with E-state index in [9.17, 15) is 10.1 Å². The van der Waals surface area contributed by atoms with Gasteiger partial charge in [-0.05, 0) is 48.0 Å². The summed E-state index contributed by atoms with van der Waals surface area (Å²) in [4.78, 5) is 10.6. The van der Waals surface area contributed by atoms with Crippen molar-refractivity contribution in [2.24, 2.45) is 5.10 Å². The molecule has 2 atom stereocenters. The highest BCUT2D eigenvalue weighted by molar-refractivity contribution is 9.10. The maximum absolute atomic E-state index is 11.0. The fourth-order valence-electron chi connectivity index (χ4n) is 3.86. The van der Waals surface area contributed by atoms with Crippen molar-refractivity contribution in [3.8, 4) is 5.75 Å². The Balaban J connectivity index is 1.57. The maximum Gasteiger partial charge on any atom is 0.269 e. The Morgan fingerprint density at radius 3 is 2.53 bits per heavy atom. The monoisotopic (exact) mass is 483 g/mol. The van der Waals surface area contributed by atoms with Crippen molar-refractivity contribution >= 4 is 38.9 Å². The van der Waals surface area contributed by atoms with Gasteiger partial charge in [-0.1, -0.05) is 39.7 Å². The summed E-state index contributed by atoms with van der Waals surface area (Å²) in [6.07, 6.45) is 0.222. The molecule has 150 valence electrons. The van der Waals surface area contributed by atoms with E-state index < -0.39 is 11.2 Å². The summed E-state index contributed by atoms with van der Waals surface area (Å²) in [5.41, 5.74) is 3.82. The van der Waals surface area contributed by atoms with Crippen molar-refractivity contribution in [3.05, 3.63) is 103 Å². The molecule has 8 heteroatoms. The van der Waals surface area contributed by atoms with E-state index in [1.54, 1.807) is 18.2 Å². The van der Waals surface area contributed by atoms with Gasteiger partial charge in [0.1, 0.15) is 5.75 Å². The van der Waals surface area contributed by atoms with Crippen LogP contribution in [0.1, 0.15) is 35.4 Å². The van der Waals surface area contributed by atoms with Crippen LogP contribution in [0.3, 0.4) is 0 Å². The highest BCUT2D eigenvalue weighted by Crippen LogP contribution is 2.48. The number of nitro benzene ring substituents is 1. The number of halogens is 2. The molecule has 0 aromatic heterocycles. The van der Waals surface area contributed by atoms with Crippen LogP contribution in [0.4, 0.5) is 5.69 Å². The molecule has 0 N–H and O–H groups in total. The Labute approximate surface area is 186 Å². The van der Waals surface area contributed by atoms with Crippen molar-refractivity contribution in [1.82, 2.24) is 5.01 Å². The predicted octanol–water partition coefficient (Wildman–Crippen LogP) is 6.25. The van der Waals surface area contributed by atoms with Crippen molar-refractivity contribution in [1.29, 1.82) is 0 Å². The van der Waals surface area contributed by atoms with E-state index in [4.69, 9.17) is 21.4 Å². The van der Waals surface area contributed by atoms with E-state index in [1.807, 2.05) is 41.4 Å². The first kappa shape index (κ1) is 19.1. The van der Waals surface area contributed by atoms with Crippen molar-refractivity contribution < 1.29 is 9.66 Å². The molecular formula is C22H15BrClN3O3. The molecule has 2 unspecified atom stereocenters. The first-order valence-electron chi connectivity index (χ1n) is 9.32. The molecule has 6 nitrogen and oxygen atoms in total. The van der Waals surface area contributed by atoms with Gasteiger partial charge in [0, 0.05) is 39.2 Å². The number of hydrogen-bond acceptors (Lipinski definition) is 5. The van der Waals surface area contributed by atoms with Crippen LogP contribution in [-0.4, -0.2) is 15.6 Å². The Bertz CT molecular complexity index is 1170. The second kappa shape index (κ2) is 7.41. The maximum atomic E-state index is 11.0. The van der Waals surface area contributed by atoms with Crippen LogP contribution in [0, 0.1) is 10.1 Å². The zero-order valence-electron chi connectivity index (χ0n) is 15.5. The number of fused-ring (bicyclic) bond motifs is 3. The van der Waals surface area contributed by atoms with E-state index in [1.165, 1.54) is 12.1 Å². The highest BCUT2D eigenvalue weighted by atomic mass is 79.9. The van der Waals surface area contributed by atoms with Gasteiger partial charge in [-0.15, -0.1) is 0 Å². The van der Waals surface area contributed by atoms with Gasteiger partial charge in [0.05, 0.1) is 16.7 Å². The van der Waals surface area contributed by atoms with Gasteiger partial charge in [0.2, 0.25) is 6.23 Å². The second-order valence-electron chi connectivity index (χ2n) is 7.15. The number of rotatable bonds is 3. The van der Waals surface area contributed by atoms with Crippen molar-refractivity contribution in [3.63, 3.8) is 0 Å². The largest absolute Gasteiger partial charge is 0.464 e. The molecule has 0 aliphatic carbocycles. The van der Waals surface area contributed by atoms with Gasteiger partial charge >= 0.3 is 0 Å². The summed E-state index contributed by atoms with van der Waals surface area (Å²) in [6.45, 7) is 0. The van der Waals surface area contributed by atoms with Crippen molar-refractivity contribution in [2.45, 2.75) is 18.7 Å². The molecule has 2 heterocycles. The number of ether oxygens (including phenoxy) is 1. The first-order valence-corrected chi connectivity index (χ1v) is 10.5. The highest BCUT2D eigenvalue weighted by Gasteiger charge is 2.41. The minimum Gasteiger partial charge on any atom is -0.464 e. The Hall–Kier alpha value is -2.90. The lowest BCUT2D eigenvalue weighted by Gasteiger charge is -2.38. The number of benzene rings is 3. The van der Waals surface area contributed by atoms with E-state index >= 15 is 0 Å². The van der Waals surface area contributed by atoms with Gasteiger partial charge in [-0.2, -0.15) is 5.10 Å². The molecule has 0 spiro atoms. The smallest absolute Gasteiger partial charge is 0.269 e. The Kier molecular flexibility index (Phi) is 4.72. The lowest BCUT2D eigenvalue weighted by molar-refractivity contribution is -0.384. The molecule has 0 saturated heterocycles. The van der Waals surface area contributed by atoms with Gasteiger partial charge in [-0.25, -0.2) is 5.01 Å². The van der Waals surface area contributed by atoms with Gasteiger partial charge in [0.15, 0.2) is 0 Å². The molecule has 0 saturated carbocycles. The van der Waals surface area contributed by atoms with Crippen LogP contribution < -0.4 is 4.74 Å². The zero-order valence-corrected chi connectivity index (χ0v) is 17.9. The first-order chi connectivity index (χ1) is 14.5. The number of nitro groups is 1. The van der Waals surface area contributed by atoms with Crippen LogP contribution in [0.25, 0.3) is 0 Å². The molecular weight excluding hydrogens is 470 g/mol. The molecule has 5 rings (SSSR count). The van der Waals surface area contributed by atoms with Gasteiger partial charge < -0.3 is 4.74 Å². The normalized spacial score (nSPS) is 19.5. The summed E-state index contributed by atoms with van der Waals surface area (Å²) in [5.74, 6) is 0.747. The van der Waals surface area contributed by atoms with Crippen LogP contribution in [0.15, 0.2) is 76.3 Å². The third-order valence-corrected chi connectivity index (χ3v) is 6.08. The quantitative estimate of drug-likeness (QED) is 0.325.